The van der Waals surface area contributed by atoms with Crippen LogP contribution < -0.4 is 0 Å². The summed E-state index contributed by atoms with van der Waals surface area (Å²) in [6.07, 6.45) is 0. The van der Waals surface area contributed by atoms with E-state index in [-0.39, 0.29) is 2070 Å². The molecule has 0 atom stereocenters. The van der Waals surface area contributed by atoms with Gasteiger partial charge in [-0.05, 0) is 6.54 Å². The van der Waals surface area contributed by atoms with E-state index in [2.05, 4.69) is 4.74 Å². The Labute approximate surface area is 2010 Å². The van der Waals surface area contributed by atoms with E-state index in [0.717, 1.165) is 0 Å². The summed E-state index contributed by atoms with van der Waals surface area (Å²) in [6.45, 7) is -0.281. The van der Waals surface area contributed by atoms with Gasteiger partial charge in [0.15, 0.2) is 0 Å². The van der Waals surface area contributed by atoms with Gasteiger partial charge in [-0.25, -0.2) is 0 Å². The molecule has 0 aliphatic carbocycles. The Kier molecular flexibility index (Phi) is 3170. The number of rotatable bonds is 1. The molecule has 0 spiro atoms. The number of hydrogen-bond donors (Lipinski definition) is 0. The number of nitrogens with one attached hydrogen (secondary N) is 1. The van der Waals surface area contributed by atoms with Crippen molar-refractivity contribution in [3.63, 3.8) is 0 Å². The topological polar surface area (TPSA) is 50.1 Å². The number of carbonyl (C=O) groups excluding carboxylic acids is 1. The predicted octanol–water partition coefficient (Wildman–Crippen LogP) is 0.0541. The second-order valence-electron chi connectivity index (χ2n) is 0.753. The Morgan fingerprint density at radius 1 is 0.188 bits per heavy atom. The fraction of sp³-hybridized carbons (Fsp3) is 0.667. The first kappa shape index (κ1) is 473. The van der Waals surface area contributed by atoms with E-state index in [4.69, 9.17) is 5.73 Å². The summed E-state index contributed by atoms with van der Waals surface area (Å²) in [5, 5.41) is 0. The first-order valence-corrected chi connectivity index (χ1v) is 1.52. The van der Waals surface area contributed by atoms with Gasteiger partial charge >= 0.3 is 0 Å². The zero-order valence-electron chi connectivity index (χ0n) is 39.9. The van der Waals surface area contributed by atoms with E-state index in [0.29, 0.717) is 0 Å². The van der Waals surface area contributed by atoms with Gasteiger partial charge in [-0.1, -0.05) is 0 Å². The third-order valence-electron chi connectivity index (χ3n) is 0.372. The molecular weight excluding hydrogens is 5680 g/mol. The Balaban J connectivity index is -0.0000000000640. The van der Waals surface area contributed by atoms with Crippen molar-refractivity contribution < 1.29 is 2070 Å². The number of carbonyl (C=O) groups is 1. The molecule has 0 saturated heterocycles. The summed E-state index contributed by atoms with van der Waals surface area (Å²) in [5.41, 5.74) is 6.33. The van der Waals surface area contributed by atoms with E-state index >= 15 is 0 Å². The minimum atomic E-state index is -0.491. The van der Waals surface area contributed by atoms with Crippen LogP contribution in [0.5, 0.6) is 0 Å². The summed E-state index contributed by atoms with van der Waals surface area (Å²) >= 11 is 0. The van der Waals surface area contributed by atoms with E-state index in [1.54, 1.807) is 0 Å². The van der Waals surface area contributed by atoms with Crippen LogP contribution in [0.1, 0.15) is 0 Å². The number of esters is 1. The van der Waals surface area contributed by atoms with E-state index < -0.39 is 5.97 Å². The maximum atomic E-state index is 9.77. The Hall–Kier alpha value is 69.0. The normalized spacial score (nSPS) is 0.667. The van der Waals surface area contributed by atoms with Gasteiger partial charge in [-0.2, -0.15) is 0 Å². The zero-order valence-corrected chi connectivity index (χ0v) is 219. The molecule has 0 aliphatic rings. The van der Waals surface area contributed by atoms with Crippen LogP contribution in [-0.2, 0) is 2070 Å². The Morgan fingerprint density at radius 3 is 0.232 bits per heavy atom. The molecule has 0 rings (SSSR count). The quantitative estimate of drug-likeness (QED) is 0.350. The van der Waals surface area contributed by atoms with Crippen molar-refractivity contribution >= 4 is 5.97 Å². The average Bonchev–Trinajstić information content (AvgIpc) is 1.65. The van der Waals surface area contributed by atoms with Crippen LogP contribution in [0.3, 0.4) is 0 Å². The van der Waals surface area contributed by atoms with Crippen LogP contribution in [0.4, 0.5) is 0 Å². The van der Waals surface area contributed by atoms with Gasteiger partial charge in [-0.3, -0.25) is 4.79 Å². The largest absolute Gasteiger partial charge is 0.668 e. The third kappa shape index (κ3) is 469. The molecule has 3 nitrogen and oxygen atoms in total. The fourth-order valence-electron chi connectivity index (χ4n) is 0.0722. The summed E-state index contributed by atoms with van der Waals surface area (Å²) in [4.78, 5) is 9.77. The second-order valence-corrected chi connectivity index (χ2v) is 0.753. The van der Waals surface area contributed by atoms with Crippen LogP contribution in [0.25, 0.3) is 5.73 Å². The van der Waals surface area contributed by atoms with Crippen LogP contribution in [0.15, 0.2) is 0 Å². The second kappa shape index (κ2) is 463. The molecule has 0 fully saturated rings. The smallest absolute Gasteiger partial charge is 0.284 e. The monoisotopic (exact) mass is 5690 g/mol. The minimum Gasteiger partial charge on any atom is -0.668 e. The summed E-state index contributed by atoms with van der Waals surface area (Å²) in [7, 11) is 1.26. The number of ether oxygens (including phenoxy) is 1. The van der Waals surface area contributed by atoms with Gasteiger partial charge in [0.25, 0.3) is 5.97 Å². The molecule has 0 amide bonds. The van der Waals surface area contributed by atoms with Crippen molar-refractivity contribution in [1.82, 2.24) is 0 Å². The molecule has 0 heterocycles. The molecular formula is C3H6NO2Y63-. The van der Waals surface area contributed by atoms with Crippen molar-refractivity contribution in [2.24, 2.45) is 0 Å². The SMILES string of the molecule is COC(=O)C[NH-].[Y].[Y].[Y].[Y].[Y].[Y].[Y].[Y].[Y].[Y].[Y].[Y].[Y].[Y].[Y].[Y].[Y].[Y].[Y].[Y].[Y].[Y].[Y].[Y].[Y].[Y].[Y].[Y].[Y].[Y].[Y].[Y].[Y].[Y].[Y].[Y].[Y].[Y].[Y].[Y].[Y].[Y].[Y].[Y].[Y].[Y].[Y].[Y].[Y].[Y].[Y].[Y].[Y].[Y].[Y].[Y].[Y].[Y].[Y].[Y].[Y].[Y].[Y]. The van der Waals surface area contributed by atoms with Gasteiger partial charge in [0.1, 0.15) is 0 Å². The predicted molar refractivity (Wildman–Crippen MR) is 21.2 cm³/mol. The fourth-order valence-corrected chi connectivity index (χ4v) is 0.0722. The molecule has 0 aliphatic heterocycles. The molecule has 1 N–H and O–H groups in total. The molecule has 0 saturated carbocycles. The molecule has 0 unspecified atom stereocenters. The van der Waals surface area contributed by atoms with Crippen LogP contribution in [0.2, 0.25) is 0 Å². The number of hydrogen-bond acceptors (Lipinski definition) is 2. The molecule has 0 aromatic heterocycles. The molecule has 225 valence electrons. The van der Waals surface area contributed by atoms with Crippen molar-refractivity contribution in [2.45, 2.75) is 0 Å². The minimum absolute atomic E-state index is 0. The van der Waals surface area contributed by atoms with E-state index in [1.165, 1.54) is 7.11 Å². The standard InChI is InChI=1S/C3H6NO2.63Y/c1-6-3(5)2-4;;;;;;;;;;;;;;;;;;;;;;;;;;;;;;;;;;;;;;;;;;;;;;;;;;;;;;;;;;;;;;;/h4H,2H2,1H3;;;;;;;;;;;;;;;;;;;;;;;;;;;;;;;;;;;;;;;;;;;;;;;;;;;;;;;;;;;;;;;/q-1;;;;;;;;;;;;;;;;;;;;;;;;;;;;;;;;;;;;;;;;;;;;;;;;;;;;;;;;;;;;;;;. The van der Waals surface area contributed by atoms with Gasteiger partial charge in [0.2, 0.25) is 0 Å². The zero-order chi connectivity index (χ0) is 4.99. The van der Waals surface area contributed by atoms with Gasteiger partial charge in [0.05, 0.1) is 7.11 Å². The molecule has 63 radical (unpaired) electrons. The average molecular weight is 5690 g/mol. The molecule has 0 aromatic rings. The molecule has 0 aromatic carbocycles. The van der Waals surface area contributed by atoms with Gasteiger partial charge < -0.3 is 10.5 Å². The molecule has 69 heavy (non-hydrogen) atoms. The summed E-state index contributed by atoms with van der Waals surface area (Å²) in [5.74, 6) is -0.491. The van der Waals surface area contributed by atoms with E-state index in [1.807, 2.05) is 0 Å². The first-order chi connectivity index (χ1) is 2.81. The molecule has 0 bridgehead atoms. The maximum absolute atomic E-state index is 9.77. The number of methoxy groups -OCH3 is 1. The van der Waals surface area contributed by atoms with Gasteiger partial charge in [0, 0.05) is 2060 Å². The van der Waals surface area contributed by atoms with Crippen molar-refractivity contribution in [3.8, 4) is 0 Å². The summed E-state index contributed by atoms with van der Waals surface area (Å²) < 4.78 is 4.07. The van der Waals surface area contributed by atoms with Crippen LogP contribution in [0, 0.1) is 0 Å². The maximum Gasteiger partial charge on any atom is 0.284 e. The first-order valence-electron chi connectivity index (χ1n) is 1.52. The Bertz CT molecular complexity index is 76.2. The van der Waals surface area contributed by atoms with Gasteiger partial charge in [-0.15, -0.1) is 0 Å². The summed E-state index contributed by atoms with van der Waals surface area (Å²) in [6, 6.07) is 0. The van der Waals surface area contributed by atoms with Crippen LogP contribution in [-0.4, -0.2) is 19.6 Å². The van der Waals surface area contributed by atoms with E-state index in [9.17, 15) is 4.79 Å². The molecule has 66 heteroatoms. The Morgan fingerprint density at radius 2 is 0.232 bits per heavy atom. The van der Waals surface area contributed by atoms with Crippen LogP contribution >= 0.6 is 0 Å². The van der Waals surface area contributed by atoms with Crippen molar-refractivity contribution in [3.05, 3.63) is 5.73 Å². The van der Waals surface area contributed by atoms with Crippen molar-refractivity contribution in [1.29, 1.82) is 0 Å². The third-order valence-corrected chi connectivity index (χ3v) is 0.372. The van der Waals surface area contributed by atoms with Crippen molar-refractivity contribution in [2.75, 3.05) is 13.7 Å².